The van der Waals surface area contributed by atoms with Crippen LogP contribution in [0.4, 0.5) is 0 Å². The van der Waals surface area contributed by atoms with Crippen LogP contribution in [0.1, 0.15) is 20.7 Å². The van der Waals surface area contributed by atoms with Gasteiger partial charge in [0.25, 0.3) is 5.91 Å². The lowest BCUT2D eigenvalue weighted by Crippen LogP contribution is -2.34. The Balaban J connectivity index is 3.35. The summed E-state index contributed by atoms with van der Waals surface area (Å²) in [5, 5.41) is 20.8. The molecule has 0 radical (unpaired) electrons. The highest BCUT2D eigenvalue weighted by atomic mass is 127. The van der Waals surface area contributed by atoms with Crippen molar-refractivity contribution in [3.63, 3.8) is 0 Å². The quantitative estimate of drug-likeness (QED) is 0.282. The van der Waals surface area contributed by atoms with Crippen molar-refractivity contribution < 1.29 is 19.8 Å². The van der Waals surface area contributed by atoms with E-state index in [1.807, 2.05) is 67.8 Å². The topological polar surface area (TPSA) is 86.6 Å². The van der Waals surface area contributed by atoms with Crippen LogP contribution in [0.5, 0.6) is 0 Å². The van der Waals surface area contributed by atoms with E-state index in [0.29, 0.717) is 10.7 Å². The van der Waals surface area contributed by atoms with Crippen LogP contribution in [-0.2, 0) is 0 Å². The maximum Gasteiger partial charge on any atom is 0.337 e. The summed E-state index contributed by atoms with van der Waals surface area (Å²) in [5.74, 6) is -1.64. The minimum atomic E-state index is -1.17. The van der Waals surface area contributed by atoms with Crippen LogP contribution in [-0.4, -0.2) is 28.3 Å². The molecule has 1 aromatic carbocycles. The number of carbonyl (C=O) groups excluding carboxylic acids is 1. The Hall–Kier alpha value is 0.0500. The van der Waals surface area contributed by atoms with E-state index in [4.69, 9.17) is 5.11 Å². The van der Waals surface area contributed by atoms with Gasteiger partial charge in [-0.15, -0.1) is 0 Å². The predicted molar refractivity (Wildman–Crippen MR) is 95.2 cm³/mol. The largest absolute Gasteiger partial charge is 0.478 e. The summed E-state index contributed by atoms with van der Waals surface area (Å²) in [4.78, 5) is 23.2. The van der Waals surface area contributed by atoms with Gasteiger partial charge in [-0.25, -0.2) is 4.79 Å². The Labute approximate surface area is 150 Å². The molecule has 0 aliphatic carbocycles. The van der Waals surface area contributed by atoms with Crippen LogP contribution in [0, 0.1) is 10.7 Å². The summed E-state index contributed by atoms with van der Waals surface area (Å²) in [6.07, 6.45) is -0.00531. The number of halogens is 3. The molecule has 1 unspecified atom stereocenters. The van der Waals surface area contributed by atoms with Crippen molar-refractivity contribution >= 4 is 79.6 Å². The average Bonchev–Trinajstić information content (AvgIpc) is 2.26. The lowest BCUT2D eigenvalue weighted by atomic mass is 10.1. The number of aliphatic hydroxyl groups is 1. The van der Waals surface area contributed by atoms with Crippen LogP contribution in [0.15, 0.2) is 18.7 Å². The SMILES string of the molecule is C=CC(O)NC(=O)c1c(I)cc(I)c(C(=O)O)c1I. The Kier molecular flexibility index (Phi) is 6.46. The monoisotopic (exact) mass is 599 g/mol. The molecule has 5 nitrogen and oxygen atoms in total. The maximum atomic E-state index is 12.0. The van der Waals surface area contributed by atoms with Crippen molar-refractivity contribution in [1.29, 1.82) is 0 Å². The first-order valence-electron chi connectivity index (χ1n) is 4.81. The fourth-order valence-electron chi connectivity index (χ4n) is 1.26. The molecule has 0 spiro atoms. The lowest BCUT2D eigenvalue weighted by molar-refractivity contribution is 0.0694. The molecule has 102 valence electrons. The zero-order valence-electron chi connectivity index (χ0n) is 9.28. The Morgan fingerprint density at radius 3 is 2.26 bits per heavy atom. The van der Waals surface area contributed by atoms with E-state index in [-0.39, 0.29) is 11.1 Å². The summed E-state index contributed by atoms with van der Waals surface area (Å²) < 4.78 is 1.51. The van der Waals surface area contributed by atoms with Gasteiger partial charge >= 0.3 is 5.97 Å². The molecule has 19 heavy (non-hydrogen) atoms. The predicted octanol–water partition coefficient (Wildman–Crippen LogP) is 2.43. The number of carboxylic acid groups (broad SMARTS) is 1. The van der Waals surface area contributed by atoms with Gasteiger partial charge in [0.1, 0.15) is 6.23 Å². The van der Waals surface area contributed by atoms with E-state index in [1.165, 1.54) is 6.08 Å². The van der Waals surface area contributed by atoms with Crippen molar-refractivity contribution in [2.45, 2.75) is 6.23 Å². The number of hydrogen-bond donors (Lipinski definition) is 3. The van der Waals surface area contributed by atoms with E-state index in [2.05, 4.69) is 11.9 Å². The number of carbonyl (C=O) groups is 2. The summed E-state index contributed by atoms with van der Waals surface area (Å²) in [7, 11) is 0. The second-order valence-electron chi connectivity index (χ2n) is 3.36. The fourth-order valence-corrected chi connectivity index (χ4v) is 5.58. The van der Waals surface area contributed by atoms with Gasteiger partial charge in [-0.2, -0.15) is 0 Å². The van der Waals surface area contributed by atoms with Crippen LogP contribution in [0.25, 0.3) is 0 Å². The minimum Gasteiger partial charge on any atom is -0.478 e. The third kappa shape index (κ3) is 4.01. The molecule has 8 heteroatoms. The van der Waals surface area contributed by atoms with Crippen molar-refractivity contribution in [3.05, 3.63) is 40.6 Å². The second-order valence-corrected chi connectivity index (χ2v) is 6.77. The van der Waals surface area contributed by atoms with Crippen LogP contribution >= 0.6 is 67.8 Å². The summed E-state index contributed by atoms with van der Waals surface area (Å²) in [6.45, 7) is 3.35. The molecular weight excluding hydrogens is 591 g/mol. The molecule has 0 fully saturated rings. The molecule has 0 aromatic heterocycles. The standard InChI is InChI=1S/C11H8I3NO4/c1-2-6(16)15-10(17)7-4(12)3-5(13)8(9(7)14)11(18)19/h2-3,6,16H,1H2,(H,15,17)(H,18,19). The number of hydrogen-bond acceptors (Lipinski definition) is 3. The molecule has 0 saturated carbocycles. The van der Waals surface area contributed by atoms with Gasteiger partial charge in [0.05, 0.1) is 11.1 Å². The summed E-state index contributed by atoms with van der Waals surface area (Å²) in [6, 6.07) is 1.61. The zero-order chi connectivity index (χ0) is 14.7. The fraction of sp³-hybridized carbons (Fsp3) is 0.0909. The average molecular weight is 599 g/mol. The molecule has 1 rings (SSSR count). The van der Waals surface area contributed by atoms with Gasteiger partial charge in [-0.05, 0) is 79.9 Å². The van der Waals surface area contributed by atoms with E-state index < -0.39 is 18.1 Å². The molecule has 0 saturated heterocycles. The van der Waals surface area contributed by atoms with Crippen molar-refractivity contribution in [3.8, 4) is 0 Å². The molecule has 0 heterocycles. The van der Waals surface area contributed by atoms with Crippen molar-refractivity contribution in [2.24, 2.45) is 0 Å². The summed E-state index contributed by atoms with van der Waals surface area (Å²) >= 11 is 5.69. The van der Waals surface area contributed by atoms with Gasteiger partial charge in [-0.3, -0.25) is 4.79 Å². The van der Waals surface area contributed by atoms with Gasteiger partial charge in [0.2, 0.25) is 0 Å². The second kappa shape index (κ2) is 7.17. The normalized spacial score (nSPS) is 11.8. The highest BCUT2D eigenvalue weighted by Gasteiger charge is 2.23. The highest BCUT2D eigenvalue weighted by molar-refractivity contribution is 14.1. The third-order valence-electron chi connectivity index (χ3n) is 2.11. The molecule has 0 aliphatic rings. The molecule has 0 aliphatic heterocycles. The third-order valence-corrected chi connectivity index (χ3v) is 4.89. The van der Waals surface area contributed by atoms with Crippen LogP contribution in [0.3, 0.4) is 0 Å². The van der Waals surface area contributed by atoms with Crippen LogP contribution < -0.4 is 5.32 Å². The van der Waals surface area contributed by atoms with E-state index in [1.54, 1.807) is 6.07 Å². The number of nitrogens with one attached hydrogen (secondary N) is 1. The number of rotatable bonds is 4. The van der Waals surface area contributed by atoms with Crippen molar-refractivity contribution in [1.82, 2.24) is 5.32 Å². The first kappa shape index (κ1) is 17.1. The molecular formula is C11H8I3NO4. The molecule has 0 bridgehead atoms. The van der Waals surface area contributed by atoms with Gasteiger partial charge in [-0.1, -0.05) is 6.58 Å². The number of benzene rings is 1. The molecule has 1 amide bonds. The number of carboxylic acids is 1. The molecule has 1 atom stereocenters. The smallest absolute Gasteiger partial charge is 0.337 e. The van der Waals surface area contributed by atoms with Gasteiger partial charge < -0.3 is 15.5 Å². The highest BCUT2D eigenvalue weighted by Crippen LogP contribution is 2.27. The van der Waals surface area contributed by atoms with Crippen molar-refractivity contribution in [2.75, 3.05) is 0 Å². The molecule has 3 N–H and O–H groups in total. The number of amides is 1. The molecule has 1 aromatic rings. The van der Waals surface area contributed by atoms with E-state index in [0.717, 1.165) is 0 Å². The van der Waals surface area contributed by atoms with Gasteiger partial charge in [0, 0.05) is 10.7 Å². The summed E-state index contributed by atoms with van der Waals surface area (Å²) in [5.41, 5.74) is 0.319. The minimum absolute atomic E-state index is 0.0832. The number of aromatic carboxylic acids is 1. The lowest BCUT2D eigenvalue weighted by Gasteiger charge is -2.13. The first-order chi connectivity index (χ1) is 8.79. The van der Waals surface area contributed by atoms with E-state index >= 15 is 0 Å². The van der Waals surface area contributed by atoms with Crippen LogP contribution in [0.2, 0.25) is 0 Å². The number of aliphatic hydroxyl groups excluding tert-OH is 1. The Morgan fingerprint density at radius 2 is 1.79 bits per heavy atom. The zero-order valence-corrected chi connectivity index (χ0v) is 15.8. The Morgan fingerprint density at radius 1 is 1.26 bits per heavy atom. The first-order valence-corrected chi connectivity index (χ1v) is 8.05. The van der Waals surface area contributed by atoms with Gasteiger partial charge in [0.15, 0.2) is 0 Å². The Bertz CT molecular complexity index is 559. The maximum absolute atomic E-state index is 12.0. The van der Waals surface area contributed by atoms with E-state index in [9.17, 15) is 14.7 Å².